The minimum atomic E-state index is -0.236. The lowest BCUT2D eigenvalue weighted by Crippen LogP contribution is -2.30. The number of rotatable bonds is 7. The van der Waals surface area contributed by atoms with Crippen molar-refractivity contribution in [3.05, 3.63) is 77.4 Å². The maximum absolute atomic E-state index is 14.7. The van der Waals surface area contributed by atoms with E-state index in [-0.39, 0.29) is 11.7 Å². The Hall–Kier alpha value is -3.15. The molecule has 0 saturated heterocycles. The monoisotopic (exact) mass is 394 g/mol. The Morgan fingerprint density at radius 1 is 1.17 bits per heavy atom. The third-order valence-electron chi connectivity index (χ3n) is 4.91. The number of nitrogens with two attached hydrogens (primary N) is 1. The third kappa shape index (κ3) is 5.22. The molecular formula is C23H27FN4O. The Labute approximate surface area is 171 Å². The number of aromatic nitrogens is 1. The van der Waals surface area contributed by atoms with Gasteiger partial charge in [0.15, 0.2) is 5.96 Å². The first-order valence-corrected chi connectivity index (χ1v) is 9.73. The molecule has 2 aromatic carbocycles. The first-order valence-electron chi connectivity index (χ1n) is 9.73. The molecule has 0 saturated carbocycles. The molecule has 29 heavy (non-hydrogen) atoms. The van der Waals surface area contributed by atoms with E-state index in [4.69, 9.17) is 10.3 Å². The average molecular weight is 394 g/mol. The Morgan fingerprint density at radius 2 is 1.93 bits per heavy atom. The quantitative estimate of drug-likeness (QED) is 0.365. The zero-order valence-corrected chi connectivity index (χ0v) is 17.1. The number of benzene rings is 2. The summed E-state index contributed by atoms with van der Waals surface area (Å²) in [6.45, 7) is 2.63. The molecule has 3 rings (SSSR count). The van der Waals surface area contributed by atoms with E-state index in [1.165, 1.54) is 0 Å². The van der Waals surface area contributed by atoms with Crippen LogP contribution in [0.3, 0.4) is 0 Å². The van der Waals surface area contributed by atoms with Crippen molar-refractivity contribution in [2.75, 3.05) is 20.6 Å². The minimum absolute atomic E-state index is 0.0609. The Bertz CT molecular complexity index is 966. The second-order valence-corrected chi connectivity index (χ2v) is 7.28. The van der Waals surface area contributed by atoms with Crippen molar-refractivity contribution in [3.63, 3.8) is 0 Å². The maximum atomic E-state index is 14.7. The lowest BCUT2D eigenvalue weighted by atomic mass is 9.94. The molecule has 0 spiro atoms. The van der Waals surface area contributed by atoms with Crippen LogP contribution in [-0.2, 0) is 6.42 Å². The molecule has 0 fully saturated rings. The molecule has 6 heteroatoms. The van der Waals surface area contributed by atoms with Crippen molar-refractivity contribution < 1.29 is 8.91 Å². The van der Waals surface area contributed by atoms with Crippen LogP contribution in [0.1, 0.15) is 36.3 Å². The van der Waals surface area contributed by atoms with Crippen LogP contribution in [-0.4, -0.2) is 36.7 Å². The summed E-state index contributed by atoms with van der Waals surface area (Å²) in [5, 5.41) is 4.18. The van der Waals surface area contributed by atoms with Gasteiger partial charge in [0.25, 0.3) is 0 Å². The zero-order chi connectivity index (χ0) is 20.8. The van der Waals surface area contributed by atoms with Gasteiger partial charge in [-0.1, -0.05) is 54.5 Å². The van der Waals surface area contributed by atoms with Crippen molar-refractivity contribution in [1.82, 2.24) is 10.1 Å². The molecule has 0 aliphatic carbocycles. The Kier molecular flexibility index (Phi) is 6.65. The van der Waals surface area contributed by atoms with Crippen molar-refractivity contribution in [2.24, 2.45) is 10.7 Å². The molecule has 0 amide bonds. The molecule has 1 atom stereocenters. The highest BCUT2D eigenvalue weighted by atomic mass is 19.1. The molecule has 5 nitrogen and oxygen atoms in total. The summed E-state index contributed by atoms with van der Waals surface area (Å²) < 4.78 is 20.1. The maximum Gasteiger partial charge on any atom is 0.190 e. The van der Waals surface area contributed by atoms with Crippen LogP contribution in [0.4, 0.5) is 4.39 Å². The van der Waals surface area contributed by atoms with Gasteiger partial charge in [-0.05, 0) is 23.6 Å². The normalized spacial score (nSPS) is 12.8. The largest absolute Gasteiger partial charge is 0.370 e. The van der Waals surface area contributed by atoms with Gasteiger partial charge in [0, 0.05) is 44.6 Å². The van der Waals surface area contributed by atoms with Gasteiger partial charge in [-0.3, -0.25) is 4.99 Å². The van der Waals surface area contributed by atoms with E-state index in [2.05, 4.69) is 10.1 Å². The van der Waals surface area contributed by atoms with Crippen LogP contribution >= 0.6 is 0 Å². The molecule has 0 bridgehead atoms. The van der Waals surface area contributed by atoms with Crippen LogP contribution < -0.4 is 5.73 Å². The van der Waals surface area contributed by atoms with Crippen LogP contribution in [0.25, 0.3) is 11.1 Å². The van der Waals surface area contributed by atoms with Crippen LogP contribution in [0.2, 0.25) is 0 Å². The highest BCUT2D eigenvalue weighted by molar-refractivity contribution is 5.77. The first-order chi connectivity index (χ1) is 14.0. The lowest BCUT2D eigenvalue weighted by Gasteiger charge is -2.11. The first kappa shape index (κ1) is 20.6. The highest BCUT2D eigenvalue weighted by Gasteiger charge is 2.16. The van der Waals surface area contributed by atoms with Crippen LogP contribution in [0.5, 0.6) is 0 Å². The van der Waals surface area contributed by atoms with Crippen molar-refractivity contribution >= 4 is 5.96 Å². The fraction of sp³-hybridized carbons (Fsp3) is 0.304. The predicted octanol–water partition coefficient (Wildman–Crippen LogP) is 4.44. The van der Waals surface area contributed by atoms with Crippen molar-refractivity contribution in [3.8, 4) is 11.1 Å². The van der Waals surface area contributed by atoms with E-state index >= 15 is 0 Å². The SMILES string of the molecule is CC(c1ccc(-c2ccccc2)c(F)c1)c1cc(CCCN=C(N)N(C)C)on1. The van der Waals surface area contributed by atoms with Crippen LogP contribution in [0.15, 0.2) is 64.1 Å². The predicted molar refractivity (Wildman–Crippen MR) is 114 cm³/mol. The summed E-state index contributed by atoms with van der Waals surface area (Å²) in [4.78, 5) is 6.06. The van der Waals surface area contributed by atoms with Gasteiger partial charge >= 0.3 is 0 Å². The van der Waals surface area contributed by atoms with E-state index < -0.39 is 0 Å². The van der Waals surface area contributed by atoms with Gasteiger partial charge < -0.3 is 15.2 Å². The summed E-state index contributed by atoms with van der Waals surface area (Å²) in [5.41, 5.74) is 8.90. The molecule has 3 aromatic rings. The van der Waals surface area contributed by atoms with Gasteiger partial charge in [-0.15, -0.1) is 0 Å². The molecule has 2 N–H and O–H groups in total. The van der Waals surface area contributed by atoms with E-state index in [0.717, 1.165) is 35.4 Å². The third-order valence-corrected chi connectivity index (χ3v) is 4.91. The number of hydrogen-bond acceptors (Lipinski definition) is 3. The molecule has 0 aliphatic rings. The van der Waals surface area contributed by atoms with Crippen molar-refractivity contribution in [1.29, 1.82) is 0 Å². The molecular weight excluding hydrogens is 367 g/mol. The average Bonchev–Trinajstić information content (AvgIpc) is 3.20. The van der Waals surface area contributed by atoms with Gasteiger partial charge in [-0.2, -0.15) is 0 Å². The number of hydrogen-bond donors (Lipinski definition) is 1. The topological polar surface area (TPSA) is 67.7 Å². The summed E-state index contributed by atoms with van der Waals surface area (Å²) in [6.07, 6.45) is 1.54. The molecule has 152 valence electrons. The molecule has 0 radical (unpaired) electrons. The van der Waals surface area contributed by atoms with Gasteiger partial charge in [0.05, 0.1) is 5.69 Å². The highest BCUT2D eigenvalue weighted by Crippen LogP contribution is 2.29. The summed E-state index contributed by atoms with van der Waals surface area (Å²) in [7, 11) is 3.72. The van der Waals surface area contributed by atoms with Crippen LogP contribution in [0, 0.1) is 5.82 Å². The second-order valence-electron chi connectivity index (χ2n) is 7.28. The number of guanidine groups is 1. The standard InChI is InChI=1S/C23H27FN4O/c1-16(18-11-12-20(21(24)14-18)17-8-5-4-6-9-17)22-15-19(29-27-22)10-7-13-26-23(25)28(2)3/h4-6,8-9,11-12,14-16H,7,10,13H2,1-3H3,(H2,25,26). The van der Waals surface area contributed by atoms with E-state index in [1.54, 1.807) is 11.0 Å². The van der Waals surface area contributed by atoms with E-state index in [1.807, 2.05) is 69.6 Å². The molecule has 1 heterocycles. The van der Waals surface area contributed by atoms with Crippen molar-refractivity contribution in [2.45, 2.75) is 25.7 Å². The molecule has 0 aliphatic heterocycles. The smallest absolute Gasteiger partial charge is 0.190 e. The summed E-state index contributed by atoms with van der Waals surface area (Å²) in [6, 6.07) is 16.8. The number of aryl methyl sites for hydroxylation is 1. The number of aliphatic imine (C=N–C) groups is 1. The van der Waals surface area contributed by atoms with E-state index in [0.29, 0.717) is 18.1 Å². The van der Waals surface area contributed by atoms with Gasteiger partial charge in [0.1, 0.15) is 11.6 Å². The number of halogens is 1. The lowest BCUT2D eigenvalue weighted by molar-refractivity contribution is 0.374. The Balaban J connectivity index is 1.64. The molecule has 1 aromatic heterocycles. The summed E-state index contributed by atoms with van der Waals surface area (Å²) in [5.74, 6) is 1.01. The fourth-order valence-corrected chi connectivity index (χ4v) is 3.06. The van der Waals surface area contributed by atoms with E-state index in [9.17, 15) is 4.39 Å². The Morgan fingerprint density at radius 3 is 2.62 bits per heavy atom. The minimum Gasteiger partial charge on any atom is -0.370 e. The van der Waals surface area contributed by atoms with Gasteiger partial charge in [0.2, 0.25) is 0 Å². The second kappa shape index (κ2) is 9.37. The van der Waals surface area contributed by atoms with Gasteiger partial charge in [-0.25, -0.2) is 4.39 Å². The fourth-order valence-electron chi connectivity index (χ4n) is 3.06. The zero-order valence-electron chi connectivity index (χ0n) is 17.1. The summed E-state index contributed by atoms with van der Waals surface area (Å²) >= 11 is 0. The number of nitrogens with zero attached hydrogens (tertiary/aromatic N) is 3. The molecule has 1 unspecified atom stereocenters.